The first-order valence-corrected chi connectivity index (χ1v) is 12.9. The predicted octanol–water partition coefficient (Wildman–Crippen LogP) is 3.92. The quantitative estimate of drug-likeness (QED) is 0.384. The summed E-state index contributed by atoms with van der Waals surface area (Å²) >= 11 is 0. The van der Waals surface area contributed by atoms with E-state index in [1.165, 1.54) is 4.31 Å². The Hall–Kier alpha value is -3.04. The van der Waals surface area contributed by atoms with Gasteiger partial charge < -0.3 is 15.4 Å². The number of nitrogens with zero attached hydrogens (tertiary/aromatic N) is 2. The number of ether oxygens (including phenoxy) is 1. The molecule has 1 fully saturated rings. The van der Waals surface area contributed by atoms with E-state index in [0.717, 1.165) is 31.5 Å². The number of hydrogen-bond donors (Lipinski definition) is 2. The number of rotatable bonds is 9. The van der Waals surface area contributed by atoms with Gasteiger partial charge in [-0.05, 0) is 55.8 Å². The molecule has 35 heavy (non-hydrogen) atoms. The monoisotopic (exact) mass is 520 g/mol. The molecule has 3 rings (SSSR count). The Kier molecular flexibility index (Phi) is 10.2. The van der Waals surface area contributed by atoms with Crippen molar-refractivity contribution in [2.45, 2.75) is 32.8 Å². The minimum absolute atomic E-state index is 0. The molecule has 0 spiro atoms. The molecule has 2 aromatic carbocycles. The second-order valence-electron chi connectivity index (χ2n) is 8.21. The first-order valence-electron chi connectivity index (χ1n) is 11.3. The number of benzene rings is 2. The standard InChI is InChI=1S/C25H32N4O4S.ClH/c1-3-34(31,32)29(15-5-7-20-6-4-8-21(18-20)25(27)30)22-9-11-23(12-10-22)33-24-13-16-28(17-14-24)19(2)26;/h4-12,18,24,26H,3,13-17H2,1-2H3,(H2,27,30);1H/b7-5+,26-19?;. The molecule has 10 heteroatoms. The smallest absolute Gasteiger partial charge is 0.248 e. The second-order valence-corrected chi connectivity index (χ2v) is 10.4. The van der Waals surface area contributed by atoms with Crippen molar-refractivity contribution < 1.29 is 17.9 Å². The zero-order valence-electron chi connectivity index (χ0n) is 20.0. The first-order chi connectivity index (χ1) is 16.2. The van der Waals surface area contributed by atoms with E-state index in [2.05, 4.69) is 0 Å². The number of amidine groups is 1. The Labute approximate surface area is 213 Å². The summed E-state index contributed by atoms with van der Waals surface area (Å²) in [7, 11) is -3.50. The zero-order chi connectivity index (χ0) is 24.7. The topological polar surface area (TPSA) is 117 Å². The average molecular weight is 521 g/mol. The maximum atomic E-state index is 12.8. The van der Waals surface area contributed by atoms with Gasteiger partial charge in [-0.25, -0.2) is 8.42 Å². The summed E-state index contributed by atoms with van der Waals surface area (Å²) in [5.74, 6) is 0.737. The number of primary amides is 1. The van der Waals surface area contributed by atoms with Gasteiger partial charge in [-0.1, -0.05) is 24.3 Å². The third kappa shape index (κ3) is 7.73. The molecule has 0 aliphatic carbocycles. The Balaban J connectivity index is 0.00000432. The number of carbonyl (C=O) groups excluding carboxylic acids is 1. The molecular formula is C25H33ClN4O4S. The number of anilines is 1. The number of halogens is 1. The second kappa shape index (κ2) is 12.6. The van der Waals surface area contributed by atoms with Crippen molar-refractivity contribution >= 4 is 45.9 Å². The van der Waals surface area contributed by atoms with Gasteiger partial charge in [-0.3, -0.25) is 14.5 Å². The Bertz CT molecular complexity index is 1140. The molecule has 0 bridgehead atoms. The van der Waals surface area contributed by atoms with Crippen LogP contribution in [0.1, 0.15) is 42.6 Å². The van der Waals surface area contributed by atoms with Crippen LogP contribution < -0.4 is 14.8 Å². The minimum atomic E-state index is -3.50. The molecule has 0 atom stereocenters. The van der Waals surface area contributed by atoms with Crippen LogP contribution in [0, 0.1) is 5.41 Å². The van der Waals surface area contributed by atoms with E-state index in [9.17, 15) is 13.2 Å². The third-order valence-corrected chi connectivity index (χ3v) is 7.56. The predicted molar refractivity (Wildman–Crippen MR) is 143 cm³/mol. The van der Waals surface area contributed by atoms with Crippen LogP contribution in [0.4, 0.5) is 5.69 Å². The zero-order valence-corrected chi connectivity index (χ0v) is 21.6. The molecule has 3 N–H and O–H groups in total. The summed E-state index contributed by atoms with van der Waals surface area (Å²) in [5.41, 5.74) is 7.04. The van der Waals surface area contributed by atoms with Crippen LogP contribution >= 0.6 is 12.4 Å². The Morgan fingerprint density at radius 1 is 1.20 bits per heavy atom. The fourth-order valence-corrected chi connectivity index (χ4v) is 4.88. The number of hydrogen-bond acceptors (Lipinski definition) is 5. The number of carbonyl (C=O) groups is 1. The van der Waals surface area contributed by atoms with Crippen LogP contribution in [0.5, 0.6) is 5.75 Å². The van der Waals surface area contributed by atoms with Crippen molar-refractivity contribution in [1.29, 1.82) is 5.41 Å². The molecule has 0 saturated carbocycles. The fourth-order valence-electron chi connectivity index (χ4n) is 3.81. The van der Waals surface area contributed by atoms with E-state index in [1.54, 1.807) is 68.5 Å². The van der Waals surface area contributed by atoms with E-state index >= 15 is 0 Å². The average Bonchev–Trinajstić information content (AvgIpc) is 2.83. The molecule has 0 aromatic heterocycles. The summed E-state index contributed by atoms with van der Waals surface area (Å²) < 4.78 is 32.9. The molecule has 8 nitrogen and oxygen atoms in total. The van der Waals surface area contributed by atoms with Crippen LogP contribution in [0.25, 0.3) is 6.08 Å². The van der Waals surface area contributed by atoms with Crippen molar-refractivity contribution in [1.82, 2.24) is 4.90 Å². The maximum absolute atomic E-state index is 12.8. The Morgan fingerprint density at radius 2 is 1.86 bits per heavy atom. The van der Waals surface area contributed by atoms with Gasteiger partial charge in [0.25, 0.3) is 0 Å². The Morgan fingerprint density at radius 3 is 2.43 bits per heavy atom. The molecule has 1 heterocycles. The normalized spacial score (nSPS) is 14.4. The molecule has 1 aliphatic heterocycles. The lowest BCUT2D eigenvalue weighted by Gasteiger charge is -2.32. The molecule has 1 amide bonds. The van der Waals surface area contributed by atoms with Crippen molar-refractivity contribution in [3.05, 3.63) is 65.7 Å². The van der Waals surface area contributed by atoms with Gasteiger partial charge in [0.1, 0.15) is 11.9 Å². The molecule has 1 saturated heterocycles. The highest BCUT2D eigenvalue weighted by molar-refractivity contribution is 7.92. The summed E-state index contributed by atoms with van der Waals surface area (Å²) in [5, 5.41) is 7.74. The molecule has 0 radical (unpaired) electrons. The van der Waals surface area contributed by atoms with E-state index in [-0.39, 0.29) is 30.8 Å². The number of nitrogens with one attached hydrogen (secondary N) is 1. The number of sulfonamides is 1. The number of piperidine rings is 1. The van der Waals surface area contributed by atoms with E-state index in [4.69, 9.17) is 15.9 Å². The van der Waals surface area contributed by atoms with Gasteiger partial charge in [0.05, 0.1) is 23.8 Å². The van der Waals surface area contributed by atoms with Gasteiger partial charge in [-0.15, -0.1) is 12.4 Å². The van der Waals surface area contributed by atoms with Crippen LogP contribution in [-0.4, -0.2) is 56.6 Å². The minimum Gasteiger partial charge on any atom is -0.490 e. The molecule has 2 aromatic rings. The number of likely N-dealkylation sites (tertiary alicyclic amines) is 1. The number of nitrogens with two attached hydrogens (primary N) is 1. The fraction of sp³-hybridized carbons (Fsp3) is 0.360. The lowest BCUT2D eigenvalue weighted by atomic mass is 10.1. The third-order valence-electron chi connectivity index (χ3n) is 5.80. The highest BCUT2D eigenvalue weighted by Gasteiger charge is 2.22. The SMILES string of the molecule is CCS(=O)(=O)N(C/C=C/c1cccc(C(N)=O)c1)c1ccc(OC2CCN(C(C)=N)CC2)cc1.Cl. The van der Waals surface area contributed by atoms with Gasteiger partial charge in [0.15, 0.2) is 0 Å². The summed E-state index contributed by atoms with van der Waals surface area (Å²) in [6, 6.07) is 13.9. The molecule has 0 unspecified atom stereocenters. The highest BCUT2D eigenvalue weighted by atomic mass is 35.5. The number of amides is 1. The summed E-state index contributed by atoms with van der Waals surface area (Å²) in [4.78, 5) is 13.4. The van der Waals surface area contributed by atoms with Gasteiger partial charge in [-0.2, -0.15) is 0 Å². The van der Waals surface area contributed by atoms with Crippen LogP contribution in [0.3, 0.4) is 0 Å². The molecule has 1 aliphatic rings. The van der Waals surface area contributed by atoms with E-state index in [0.29, 0.717) is 22.8 Å². The van der Waals surface area contributed by atoms with Gasteiger partial charge in [0, 0.05) is 31.5 Å². The van der Waals surface area contributed by atoms with E-state index < -0.39 is 15.9 Å². The largest absolute Gasteiger partial charge is 0.490 e. The molecular weight excluding hydrogens is 488 g/mol. The van der Waals surface area contributed by atoms with Crippen molar-refractivity contribution in [2.75, 3.05) is 29.7 Å². The maximum Gasteiger partial charge on any atom is 0.248 e. The van der Waals surface area contributed by atoms with Gasteiger partial charge >= 0.3 is 0 Å². The van der Waals surface area contributed by atoms with Crippen LogP contribution in [0.15, 0.2) is 54.6 Å². The van der Waals surface area contributed by atoms with Crippen molar-refractivity contribution in [3.63, 3.8) is 0 Å². The van der Waals surface area contributed by atoms with Gasteiger partial charge in [0.2, 0.25) is 15.9 Å². The molecule has 190 valence electrons. The van der Waals surface area contributed by atoms with E-state index in [1.807, 2.05) is 11.0 Å². The van der Waals surface area contributed by atoms with Crippen molar-refractivity contribution in [3.8, 4) is 5.75 Å². The van der Waals surface area contributed by atoms with Crippen LogP contribution in [0.2, 0.25) is 0 Å². The lowest BCUT2D eigenvalue weighted by Crippen LogP contribution is -2.40. The summed E-state index contributed by atoms with van der Waals surface area (Å²) in [6.45, 7) is 5.16. The highest BCUT2D eigenvalue weighted by Crippen LogP contribution is 2.25. The van der Waals surface area contributed by atoms with Crippen molar-refractivity contribution in [2.24, 2.45) is 5.73 Å². The summed E-state index contributed by atoms with van der Waals surface area (Å²) in [6.07, 6.45) is 5.28. The lowest BCUT2D eigenvalue weighted by molar-refractivity contribution is 0.1000. The van der Waals surface area contributed by atoms with Crippen LogP contribution in [-0.2, 0) is 10.0 Å². The first kappa shape index (κ1) is 28.2.